The van der Waals surface area contributed by atoms with E-state index in [1.807, 2.05) is 71.1 Å². The van der Waals surface area contributed by atoms with E-state index in [9.17, 15) is 0 Å². The molecule has 0 atom stereocenters. The average Bonchev–Trinajstić information content (AvgIpc) is 2.72. The average molecular weight is 348 g/mol. The molecule has 0 radical (unpaired) electrons. The molecule has 3 heteroatoms. The normalized spacial score (nSPS) is 9.15. The molecular formula is C23H29N3. The molecule has 0 bridgehead atoms. The highest BCUT2D eigenvalue weighted by molar-refractivity contribution is 5.79. The molecule has 0 aliphatic carbocycles. The monoisotopic (exact) mass is 347 g/mol. The molecule has 3 heterocycles. The lowest BCUT2D eigenvalue weighted by atomic mass is 10.1. The minimum Gasteiger partial charge on any atom is -0.259 e. The van der Waals surface area contributed by atoms with Crippen LogP contribution in [-0.4, -0.2) is 15.0 Å². The van der Waals surface area contributed by atoms with Crippen LogP contribution < -0.4 is 0 Å². The van der Waals surface area contributed by atoms with Gasteiger partial charge in [-0.05, 0) is 44.2 Å². The standard InChI is InChI=1S/C10H9N.C9H8N2.2C2H6/c1-8-4-5-10-9(7-8)3-2-6-11-10;1-7-9-8(4-6-10-7)3-2-5-11-9;2*1-2/h2-7H,1H3;2-6H,1H3;2*1-2H3. The van der Waals surface area contributed by atoms with E-state index in [0.717, 1.165) is 22.1 Å². The molecule has 0 aliphatic heterocycles. The van der Waals surface area contributed by atoms with E-state index in [4.69, 9.17) is 0 Å². The topological polar surface area (TPSA) is 38.7 Å². The van der Waals surface area contributed by atoms with Crippen molar-refractivity contribution in [2.75, 3.05) is 0 Å². The summed E-state index contributed by atoms with van der Waals surface area (Å²) in [6.07, 6.45) is 5.41. The Morgan fingerprint density at radius 1 is 0.615 bits per heavy atom. The quantitative estimate of drug-likeness (QED) is 0.363. The van der Waals surface area contributed by atoms with E-state index in [-0.39, 0.29) is 0 Å². The van der Waals surface area contributed by atoms with Crippen LogP contribution >= 0.6 is 0 Å². The van der Waals surface area contributed by atoms with Gasteiger partial charge in [0.1, 0.15) is 0 Å². The second-order valence-electron chi connectivity index (χ2n) is 5.17. The molecule has 0 saturated heterocycles. The Bertz CT molecular complexity index is 905. The van der Waals surface area contributed by atoms with Crippen molar-refractivity contribution in [1.29, 1.82) is 0 Å². The van der Waals surface area contributed by atoms with Gasteiger partial charge in [0.2, 0.25) is 0 Å². The van der Waals surface area contributed by atoms with Gasteiger partial charge in [0.05, 0.1) is 16.7 Å². The number of benzene rings is 1. The Morgan fingerprint density at radius 2 is 1.27 bits per heavy atom. The smallest absolute Gasteiger partial charge is 0.0914 e. The fourth-order valence-electron chi connectivity index (χ4n) is 2.34. The maximum absolute atomic E-state index is 4.22. The van der Waals surface area contributed by atoms with Crippen LogP contribution in [0.1, 0.15) is 39.0 Å². The van der Waals surface area contributed by atoms with Crippen LogP contribution in [0.2, 0.25) is 0 Å². The molecule has 0 aliphatic rings. The summed E-state index contributed by atoms with van der Waals surface area (Å²) in [7, 11) is 0. The number of fused-ring (bicyclic) bond motifs is 2. The van der Waals surface area contributed by atoms with Gasteiger partial charge in [-0.15, -0.1) is 0 Å². The van der Waals surface area contributed by atoms with Crippen LogP contribution in [0.5, 0.6) is 0 Å². The lowest BCUT2D eigenvalue weighted by Crippen LogP contribution is -1.84. The van der Waals surface area contributed by atoms with Crippen LogP contribution in [0.25, 0.3) is 21.8 Å². The van der Waals surface area contributed by atoms with Crippen LogP contribution in [0.3, 0.4) is 0 Å². The summed E-state index contributed by atoms with van der Waals surface area (Å²) < 4.78 is 0. The van der Waals surface area contributed by atoms with Gasteiger partial charge in [0, 0.05) is 29.4 Å². The highest BCUT2D eigenvalue weighted by Gasteiger charge is 1.95. The molecule has 26 heavy (non-hydrogen) atoms. The first kappa shape index (κ1) is 21.2. The molecule has 4 aromatic rings. The minimum atomic E-state index is 0.989. The van der Waals surface area contributed by atoms with Gasteiger partial charge in [0.15, 0.2) is 0 Å². The number of aromatic nitrogens is 3. The second kappa shape index (κ2) is 11.7. The molecule has 0 spiro atoms. The van der Waals surface area contributed by atoms with Crippen LogP contribution in [-0.2, 0) is 0 Å². The number of aryl methyl sites for hydroxylation is 2. The number of hydrogen-bond acceptors (Lipinski definition) is 3. The maximum Gasteiger partial charge on any atom is 0.0914 e. The second-order valence-corrected chi connectivity index (χ2v) is 5.17. The molecule has 4 rings (SSSR count). The zero-order valence-electron chi connectivity index (χ0n) is 16.7. The molecule has 3 nitrogen and oxygen atoms in total. The van der Waals surface area contributed by atoms with Gasteiger partial charge >= 0.3 is 0 Å². The predicted octanol–water partition coefficient (Wildman–Crippen LogP) is 6.53. The summed E-state index contributed by atoms with van der Waals surface area (Å²) in [6, 6.07) is 16.2. The molecule has 1 aromatic carbocycles. The van der Waals surface area contributed by atoms with Crippen molar-refractivity contribution in [2.24, 2.45) is 0 Å². The fraction of sp³-hybridized carbons (Fsp3) is 0.261. The van der Waals surface area contributed by atoms with Crippen molar-refractivity contribution in [1.82, 2.24) is 15.0 Å². The van der Waals surface area contributed by atoms with Crippen molar-refractivity contribution >= 4 is 21.8 Å². The first-order valence-corrected chi connectivity index (χ1v) is 9.22. The van der Waals surface area contributed by atoms with E-state index >= 15 is 0 Å². The Balaban J connectivity index is 0.000000219. The molecule has 0 unspecified atom stereocenters. The van der Waals surface area contributed by atoms with Crippen LogP contribution in [0.4, 0.5) is 0 Å². The third-order valence-corrected chi connectivity index (χ3v) is 3.46. The molecule has 0 N–H and O–H groups in total. The van der Waals surface area contributed by atoms with Gasteiger partial charge in [-0.25, -0.2) is 0 Å². The summed E-state index contributed by atoms with van der Waals surface area (Å²) in [5.41, 5.74) is 4.33. The van der Waals surface area contributed by atoms with E-state index in [0.29, 0.717) is 0 Å². The van der Waals surface area contributed by atoms with E-state index in [1.54, 1.807) is 12.4 Å². The summed E-state index contributed by atoms with van der Waals surface area (Å²) in [4.78, 5) is 12.6. The molecule has 136 valence electrons. The number of nitrogens with zero attached hydrogens (tertiary/aromatic N) is 3. The summed E-state index contributed by atoms with van der Waals surface area (Å²) >= 11 is 0. The lowest BCUT2D eigenvalue weighted by molar-refractivity contribution is 1.20. The van der Waals surface area contributed by atoms with Crippen molar-refractivity contribution in [3.8, 4) is 0 Å². The van der Waals surface area contributed by atoms with Gasteiger partial charge < -0.3 is 0 Å². The van der Waals surface area contributed by atoms with Crippen molar-refractivity contribution in [3.05, 3.63) is 78.4 Å². The minimum absolute atomic E-state index is 0.989. The summed E-state index contributed by atoms with van der Waals surface area (Å²) in [5.74, 6) is 0. The molecule has 0 amide bonds. The van der Waals surface area contributed by atoms with Crippen LogP contribution in [0, 0.1) is 13.8 Å². The Kier molecular flexibility index (Phi) is 9.55. The number of pyridine rings is 3. The summed E-state index contributed by atoms with van der Waals surface area (Å²) in [5, 5.41) is 2.37. The van der Waals surface area contributed by atoms with Crippen molar-refractivity contribution < 1.29 is 0 Å². The summed E-state index contributed by atoms with van der Waals surface area (Å²) in [6.45, 7) is 12.1. The third-order valence-electron chi connectivity index (χ3n) is 3.46. The molecule has 3 aromatic heterocycles. The fourth-order valence-corrected chi connectivity index (χ4v) is 2.34. The van der Waals surface area contributed by atoms with Gasteiger partial charge in [-0.1, -0.05) is 51.5 Å². The van der Waals surface area contributed by atoms with Crippen molar-refractivity contribution in [3.63, 3.8) is 0 Å². The predicted molar refractivity (Wildman–Crippen MR) is 113 cm³/mol. The van der Waals surface area contributed by atoms with Crippen molar-refractivity contribution in [2.45, 2.75) is 41.5 Å². The van der Waals surface area contributed by atoms with Crippen LogP contribution in [0.15, 0.2) is 67.1 Å². The zero-order valence-corrected chi connectivity index (χ0v) is 16.7. The van der Waals surface area contributed by atoms with Gasteiger partial charge in [0.25, 0.3) is 0 Å². The first-order valence-electron chi connectivity index (χ1n) is 9.22. The first-order chi connectivity index (χ1) is 12.7. The molecular weight excluding hydrogens is 318 g/mol. The van der Waals surface area contributed by atoms with E-state index in [2.05, 4.69) is 40.1 Å². The highest BCUT2D eigenvalue weighted by Crippen LogP contribution is 2.12. The SMILES string of the molecule is CC.CC.Cc1ccc2ncccc2c1.Cc1nccc2cccnc12. The largest absolute Gasteiger partial charge is 0.259 e. The van der Waals surface area contributed by atoms with E-state index in [1.165, 1.54) is 10.9 Å². The lowest BCUT2D eigenvalue weighted by Gasteiger charge is -1.96. The zero-order chi connectivity index (χ0) is 19.4. The molecule has 0 saturated carbocycles. The number of rotatable bonds is 0. The molecule has 0 fully saturated rings. The Morgan fingerprint density at radius 3 is 1.96 bits per heavy atom. The highest BCUT2D eigenvalue weighted by atomic mass is 14.7. The third kappa shape index (κ3) is 5.92. The maximum atomic E-state index is 4.22. The van der Waals surface area contributed by atoms with Gasteiger partial charge in [-0.2, -0.15) is 0 Å². The number of hydrogen-bond donors (Lipinski definition) is 0. The Labute approximate surface area is 157 Å². The van der Waals surface area contributed by atoms with E-state index < -0.39 is 0 Å². The van der Waals surface area contributed by atoms with Gasteiger partial charge in [-0.3, -0.25) is 15.0 Å². The Hall–Kier alpha value is -2.81.